The number of carboxylic acids is 1. The summed E-state index contributed by atoms with van der Waals surface area (Å²) in [6, 6.07) is -1.65. The molecule has 25 heavy (non-hydrogen) atoms. The van der Waals surface area contributed by atoms with Crippen molar-refractivity contribution in [3.63, 3.8) is 0 Å². The van der Waals surface area contributed by atoms with Crippen LogP contribution in [0, 0.1) is 29.1 Å². The zero-order valence-corrected chi connectivity index (χ0v) is 13.6. The number of rotatable bonds is 5. The lowest BCUT2D eigenvalue weighted by Crippen LogP contribution is -2.43. The Balaban J connectivity index is 2.93. The number of aliphatic carboxylic acids is 1. The first-order valence-electron chi connectivity index (χ1n) is 7.07. The van der Waals surface area contributed by atoms with Crippen molar-refractivity contribution in [1.82, 2.24) is 5.32 Å². The van der Waals surface area contributed by atoms with E-state index in [1.54, 1.807) is 0 Å². The minimum absolute atomic E-state index is 0.618. The van der Waals surface area contributed by atoms with Crippen LogP contribution in [0.5, 0.6) is 0 Å². The van der Waals surface area contributed by atoms with Crippen LogP contribution in [-0.4, -0.2) is 28.8 Å². The minimum Gasteiger partial charge on any atom is -0.480 e. The van der Waals surface area contributed by atoms with Gasteiger partial charge in [-0.3, -0.25) is 0 Å². The summed E-state index contributed by atoms with van der Waals surface area (Å²) >= 11 is 0. The molecule has 0 aliphatic carbocycles. The van der Waals surface area contributed by atoms with Gasteiger partial charge in [0, 0.05) is 5.56 Å². The molecule has 0 saturated carbocycles. The van der Waals surface area contributed by atoms with Gasteiger partial charge in [0.2, 0.25) is 5.82 Å². The molecular formula is C15H16F5NO4. The molecular weight excluding hydrogens is 353 g/mol. The Bertz CT molecular complexity index is 658. The molecule has 0 aromatic heterocycles. The highest BCUT2D eigenvalue weighted by Crippen LogP contribution is 2.24. The van der Waals surface area contributed by atoms with E-state index in [1.165, 1.54) is 20.8 Å². The number of halogens is 5. The number of ether oxygens (including phenoxy) is 1. The molecule has 0 fully saturated rings. The third-order valence-corrected chi connectivity index (χ3v) is 2.97. The fourth-order valence-electron chi connectivity index (χ4n) is 1.87. The molecule has 0 unspecified atom stereocenters. The van der Waals surface area contributed by atoms with Crippen LogP contribution in [-0.2, 0) is 16.0 Å². The topological polar surface area (TPSA) is 75.6 Å². The third kappa shape index (κ3) is 5.30. The molecule has 1 atom stereocenters. The van der Waals surface area contributed by atoms with Gasteiger partial charge in [-0.15, -0.1) is 0 Å². The molecule has 1 amide bonds. The van der Waals surface area contributed by atoms with E-state index < -0.39 is 71.2 Å². The van der Waals surface area contributed by atoms with E-state index in [2.05, 4.69) is 0 Å². The first kappa shape index (κ1) is 20.7. The van der Waals surface area contributed by atoms with Crippen molar-refractivity contribution in [2.45, 2.75) is 45.3 Å². The number of hydrogen-bond acceptors (Lipinski definition) is 3. The van der Waals surface area contributed by atoms with Gasteiger partial charge in [0.25, 0.3) is 0 Å². The summed E-state index contributed by atoms with van der Waals surface area (Å²) in [7, 11) is 0. The lowest BCUT2D eigenvalue weighted by Gasteiger charge is -2.22. The highest BCUT2D eigenvalue weighted by molar-refractivity contribution is 5.80. The SMILES string of the molecule is CC(C)(C)OC(=O)N[C@@H](CCc1c(F)c(F)c(F)c(F)c1F)C(=O)O. The van der Waals surface area contributed by atoms with Crippen molar-refractivity contribution in [3.05, 3.63) is 34.6 Å². The number of nitrogens with one attached hydrogen (secondary N) is 1. The Morgan fingerprint density at radius 1 is 1.00 bits per heavy atom. The van der Waals surface area contributed by atoms with Crippen molar-refractivity contribution in [3.8, 4) is 0 Å². The summed E-state index contributed by atoms with van der Waals surface area (Å²) in [5, 5.41) is 11.0. The predicted molar refractivity (Wildman–Crippen MR) is 75.3 cm³/mol. The molecule has 0 radical (unpaired) electrons. The molecule has 0 aliphatic rings. The second-order valence-electron chi connectivity index (χ2n) is 6.12. The number of carbonyl (C=O) groups is 2. The summed E-state index contributed by atoms with van der Waals surface area (Å²) < 4.78 is 71.1. The van der Waals surface area contributed by atoms with Crippen molar-refractivity contribution in [1.29, 1.82) is 0 Å². The molecule has 1 aromatic rings. The van der Waals surface area contributed by atoms with Gasteiger partial charge in [-0.1, -0.05) is 0 Å². The Kier molecular flexibility index (Phi) is 6.33. The van der Waals surface area contributed by atoms with Crippen molar-refractivity contribution in [2.75, 3.05) is 0 Å². The van der Waals surface area contributed by atoms with Crippen LogP contribution >= 0.6 is 0 Å². The summed E-state index contributed by atoms with van der Waals surface area (Å²) in [5.41, 5.74) is -2.08. The zero-order chi connectivity index (χ0) is 19.5. The van der Waals surface area contributed by atoms with Crippen LogP contribution in [0.1, 0.15) is 32.8 Å². The van der Waals surface area contributed by atoms with Gasteiger partial charge in [0.15, 0.2) is 23.3 Å². The summed E-state index contributed by atoms with van der Waals surface area (Å²) in [6.45, 7) is 4.57. The molecule has 2 N–H and O–H groups in total. The molecule has 0 spiro atoms. The molecule has 140 valence electrons. The number of amides is 1. The van der Waals surface area contributed by atoms with Gasteiger partial charge in [0.1, 0.15) is 11.6 Å². The van der Waals surface area contributed by atoms with Gasteiger partial charge < -0.3 is 15.2 Å². The van der Waals surface area contributed by atoms with Gasteiger partial charge in [0.05, 0.1) is 0 Å². The van der Waals surface area contributed by atoms with Crippen LogP contribution in [0.15, 0.2) is 0 Å². The number of carbonyl (C=O) groups excluding carboxylic acids is 1. The van der Waals surface area contributed by atoms with E-state index in [1.807, 2.05) is 5.32 Å². The maximum absolute atomic E-state index is 13.6. The van der Waals surface area contributed by atoms with E-state index in [0.717, 1.165) is 0 Å². The van der Waals surface area contributed by atoms with E-state index in [0.29, 0.717) is 0 Å². The molecule has 0 bridgehead atoms. The maximum Gasteiger partial charge on any atom is 0.408 e. The Morgan fingerprint density at radius 3 is 1.84 bits per heavy atom. The van der Waals surface area contributed by atoms with Crippen molar-refractivity contribution >= 4 is 12.1 Å². The minimum atomic E-state index is -2.31. The molecule has 0 saturated heterocycles. The highest BCUT2D eigenvalue weighted by atomic mass is 19.2. The van der Waals surface area contributed by atoms with Crippen LogP contribution in [0.25, 0.3) is 0 Å². The molecule has 5 nitrogen and oxygen atoms in total. The molecule has 1 aromatic carbocycles. The monoisotopic (exact) mass is 369 g/mol. The predicted octanol–water partition coefficient (Wildman–Crippen LogP) is 3.29. The van der Waals surface area contributed by atoms with Crippen LogP contribution < -0.4 is 5.32 Å². The first-order chi connectivity index (χ1) is 11.3. The van der Waals surface area contributed by atoms with Crippen molar-refractivity contribution < 1.29 is 41.4 Å². The van der Waals surface area contributed by atoms with Gasteiger partial charge in [-0.25, -0.2) is 31.5 Å². The van der Waals surface area contributed by atoms with Gasteiger partial charge in [-0.2, -0.15) is 0 Å². The standard InChI is InChI=1S/C15H16F5NO4/c1-15(2,3)25-14(24)21-7(13(22)23)5-4-6-8(16)10(18)12(20)11(19)9(6)17/h7H,4-5H2,1-3H3,(H,21,24)(H,22,23)/t7-/m0/s1. The average molecular weight is 369 g/mol. The lowest BCUT2D eigenvalue weighted by molar-refractivity contribution is -0.139. The fraction of sp³-hybridized carbons (Fsp3) is 0.467. The second-order valence-corrected chi connectivity index (χ2v) is 6.12. The first-order valence-corrected chi connectivity index (χ1v) is 7.07. The van der Waals surface area contributed by atoms with Crippen LogP contribution in [0.4, 0.5) is 26.7 Å². The van der Waals surface area contributed by atoms with Gasteiger partial charge >= 0.3 is 12.1 Å². The summed E-state index contributed by atoms with van der Waals surface area (Å²) in [5.74, 6) is -12.2. The van der Waals surface area contributed by atoms with Crippen molar-refractivity contribution in [2.24, 2.45) is 0 Å². The molecule has 1 rings (SSSR count). The van der Waals surface area contributed by atoms with E-state index in [-0.39, 0.29) is 0 Å². The Labute approximate surface area is 139 Å². The quantitative estimate of drug-likeness (QED) is 0.474. The Morgan fingerprint density at radius 2 is 1.44 bits per heavy atom. The van der Waals surface area contributed by atoms with Gasteiger partial charge in [-0.05, 0) is 33.6 Å². The van der Waals surface area contributed by atoms with Crippen LogP contribution in [0.3, 0.4) is 0 Å². The summed E-state index contributed by atoms with van der Waals surface area (Å²) in [6.07, 6.45) is -2.52. The van der Waals surface area contributed by atoms with E-state index >= 15 is 0 Å². The Hall–Kier alpha value is -2.39. The lowest BCUT2D eigenvalue weighted by atomic mass is 10.0. The molecule has 0 aliphatic heterocycles. The number of hydrogen-bond donors (Lipinski definition) is 2. The summed E-state index contributed by atoms with van der Waals surface area (Å²) in [4.78, 5) is 22.7. The number of benzene rings is 1. The van der Waals surface area contributed by atoms with E-state index in [4.69, 9.17) is 9.84 Å². The zero-order valence-electron chi connectivity index (χ0n) is 13.6. The maximum atomic E-state index is 13.6. The number of alkyl carbamates (subject to hydrolysis) is 1. The largest absolute Gasteiger partial charge is 0.480 e. The normalized spacial score (nSPS) is 12.6. The second kappa shape index (κ2) is 7.66. The smallest absolute Gasteiger partial charge is 0.408 e. The van der Waals surface area contributed by atoms with E-state index in [9.17, 15) is 31.5 Å². The average Bonchev–Trinajstić information content (AvgIpc) is 2.47. The fourth-order valence-corrected chi connectivity index (χ4v) is 1.87. The third-order valence-electron chi connectivity index (χ3n) is 2.97. The molecule has 10 heteroatoms. The highest BCUT2D eigenvalue weighted by Gasteiger charge is 2.28. The number of carboxylic acid groups (broad SMARTS) is 1. The molecule has 0 heterocycles. The van der Waals surface area contributed by atoms with Crippen LogP contribution in [0.2, 0.25) is 0 Å².